The number of carbonyl (C=O) groups is 1. The molecule has 1 aromatic heterocycles. The monoisotopic (exact) mass is 448 g/mol. The number of nitrogens with zero attached hydrogens (tertiary/aromatic N) is 2. The summed E-state index contributed by atoms with van der Waals surface area (Å²) in [5, 5.41) is 2.65. The summed E-state index contributed by atoms with van der Waals surface area (Å²) in [4.78, 5) is 28.9. The molecule has 3 rings (SSSR count). The van der Waals surface area contributed by atoms with Crippen LogP contribution in [0.15, 0.2) is 58.5 Å². The van der Waals surface area contributed by atoms with E-state index >= 15 is 0 Å². The lowest BCUT2D eigenvalue weighted by molar-refractivity contribution is -0.116. The third kappa shape index (κ3) is 5.51. The van der Waals surface area contributed by atoms with Gasteiger partial charge in [0.2, 0.25) is 15.9 Å². The van der Waals surface area contributed by atoms with Crippen molar-refractivity contribution in [2.24, 2.45) is 0 Å². The Bertz CT molecular complexity index is 1260. The summed E-state index contributed by atoms with van der Waals surface area (Å²) in [6.07, 6.45) is 1.21. The third-order valence-electron chi connectivity index (χ3n) is 4.32. The fourth-order valence-corrected chi connectivity index (χ4v) is 4.16. The van der Waals surface area contributed by atoms with Crippen LogP contribution in [0.1, 0.15) is 6.92 Å². The highest BCUT2D eigenvalue weighted by molar-refractivity contribution is 7.89. The van der Waals surface area contributed by atoms with Gasteiger partial charge in [-0.05, 0) is 49.4 Å². The molecular weight excluding hydrogens is 427 g/mol. The van der Waals surface area contributed by atoms with E-state index in [2.05, 4.69) is 15.0 Å². The highest BCUT2D eigenvalue weighted by Crippen LogP contribution is 2.15. The molecule has 9 nitrogen and oxygen atoms in total. The van der Waals surface area contributed by atoms with E-state index in [9.17, 15) is 22.4 Å². The molecule has 0 saturated heterocycles. The normalized spacial score (nSPS) is 12.6. The summed E-state index contributed by atoms with van der Waals surface area (Å²) in [7, 11) is -2.26. The maximum atomic E-state index is 13.4. The highest BCUT2D eigenvalue weighted by Gasteiger charge is 2.17. The number of carbonyl (C=O) groups excluding carboxylic acids is 1. The van der Waals surface area contributed by atoms with Crippen molar-refractivity contribution in [1.29, 1.82) is 0 Å². The van der Waals surface area contributed by atoms with Crippen molar-refractivity contribution >= 4 is 32.5 Å². The van der Waals surface area contributed by atoms with Gasteiger partial charge in [0.25, 0.3) is 5.56 Å². The first-order valence-corrected chi connectivity index (χ1v) is 10.7. The number of anilines is 1. The van der Waals surface area contributed by atoms with Crippen LogP contribution in [0.4, 0.5) is 10.1 Å². The zero-order valence-corrected chi connectivity index (χ0v) is 17.6. The molecular formula is C20H21FN4O5S. The van der Waals surface area contributed by atoms with Gasteiger partial charge in [0.05, 0.1) is 28.7 Å². The second kappa shape index (κ2) is 9.33. The molecule has 0 bridgehead atoms. The van der Waals surface area contributed by atoms with E-state index in [1.807, 2.05) is 0 Å². The number of halogens is 1. The first-order chi connectivity index (χ1) is 14.7. The van der Waals surface area contributed by atoms with Crippen molar-refractivity contribution in [1.82, 2.24) is 14.3 Å². The van der Waals surface area contributed by atoms with Crippen molar-refractivity contribution in [2.75, 3.05) is 19.0 Å². The molecule has 0 spiro atoms. The second-order valence-electron chi connectivity index (χ2n) is 6.89. The average molecular weight is 448 g/mol. The summed E-state index contributed by atoms with van der Waals surface area (Å²) < 4.78 is 46.5. The van der Waals surface area contributed by atoms with Gasteiger partial charge in [-0.2, -0.15) is 0 Å². The summed E-state index contributed by atoms with van der Waals surface area (Å²) in [6, 6.07) is 8.82. The molecule has 2 N–H and O–H groups in total. The van der Waals surface area contributed by atoms with Crippen LogP contribution in [-0.2, 0) is 26.1 Å². The van der Waals surface area contributed by atoms with E-state index in [0.29, 0.717) is 11.2 Å². The van der Waals surface area contributed by atoms with Gasteiger partial charge in [-0.25, -0.2) is 22.5 Å². The molecule has 0 fully saturated rings. The number of aromatic nitrogens is 2. The van der Waals surface area contributed by atoms with Gasteiger partial charge < -0.3 is 10.1 Å². The molecule has 0 aliphatic rings. The minimum absolute atomic E-state index is 0.0328. The average Bonchev–Trinajstić information content (AvgIpc) is 2.70. The third-order valence-corrected chi connectivity index (χ3v) is 5.93. The van der Waals surface area contributed by atoms with E-state index < -0.39 is 33.3 Å². The predicted octanol–water partition coefficient (Wildman–Crippen LogP) is 1.49. The van der Waals surface area contributed by atoms with Crippen LogP contribution < -0.4 is 15.6 Å². The van der Waals surface area contributed by atoms with Crippen LogP contribution >= 0.6 is 0 Å². The van der Waals surface area contributed by atoms with Crippen LogP contribution in [-0.4, -0.2) is 43.6 Å². The number of methoxy groups -OCH3 is 1. The lowest BCUT2D eigenvalue weighted by Crippen LogP contribution is -2.35. The SMILES string of the molecule is COCC(C)NS(=O)(=O)c1ccc(NC(=O)Cn2cnc3ccc(F)cc3c2=O)cc1. The molecule has 0 saturated carbocycles. The van der Waals surface area contributed by atoms with Crippen molar-refractivity contribution in [3.05, 3.63) is 65.0 Å². The molecule has 1 amide bonds. The first kappa shape index (κ1) is 22.5. The minimum Gasteiger partial charge on any atom is -0.383 e. The summed E-state index contributed by atoms with van der Waals surface area (Å²) in [5.41, 5.74) is 0.132. The Morgan fingerprint density at radius 2 is 1.94 bits per heavy atom. The Kier molecular flexibility index (Phi) is 6.78. The summed E-state index contributed by atoms with van der Waals surface area (Å²) in [6.45, 7) is 1.56. The number of benzene rings is 2. The molecule has 3 aromatic rings. The van der Waals surface area contributed by atoms with Gasteiger partial charge in [-0.3, -0.25) is 14.2 Å². The highest BCUT2D eigenvalue weighted by atomic mass is 32.2. The molecule has 1 heterocycles. The fraction of sp³-hybridized carbons (Fsp3) is 0.250. The smallest absolute Gasteiger partial charge is 0.261 e. The topological polar surface area (TPSA) is 119 Å². The standard InChI is InChI=1S/C20H21FN4O5S/c1-13(11-30-2)24-31(28,29)16-6-4-15(5-7-16)23-19(26)10-25-12-22-18-8-3-14(21)9-17(18)20(25)27/h3-9,12-13,24H,10-11H2,1-2H3,(H,23,26). The fourth-order valence-electron chi connectivity index (χ4n) is 2.93. The van der Waals surface area contributed by atoms with E-state index in [-0.39, 0.29) is 23.4 Å². The predicted molar refractivity (Wildman–Crippen MR) is 113 cm³/mol. The second-order valence-corrected chi connectivity index (χ2v) is 8.60. The van der Waals surface area contributed by atoms with E-state index in [1.165, 1.54) is 49.8 Å². The van der Waals surface area contributed by atoms with Crippen LogP contribution in [0.2, 0.25) is 0 Å². The van der Waals surface area contributed by atoms with E-state index in [4.69, 9.17) is 4.74 Å². The summed E-state index contributed by atoms with van der Waals surface area (Å²) in [5.74, 6) is -1.10. The number of hydrogen-bond donors (Lipinski definition) is 2. The van der Waals surface area contributed by atoms with Crippen molar-refractivity contribution in [2.45, 2.75) is 24.4 Å². The lowest BCUT2D eigenvalue weighted by Gasteiger charge is -2.13. The quantitative estimate of drug-likeness (QED) is 0.539. The molecule has 0 aliphatic carbocycles. The van der Waals surface area contributed by atoms with Crippen LogP contribution in [0.3, 0.4) is 0 Å². The van der Waals surface area contributed by atoms with E-state index in [0.717, 1.165) is 10.6 Å². The Balaban J connectivity index is 1.69. The Morgan fingerprint density at radius 3 is 2.61 bits per heavy atom. The first-order valence-electron chi connectivity index (χ1n) is 9.25. The number of amides is 1. The molecule has 0 radical (unpaired) electrons. The Hall–Kier alpha value is -3.15. The molecule has 1 atom stereocenters. The summed E-state index contributed by atoms with van der Waals surface area (Å²) >= 11 is 0. The van der Waals surface area contributed by atoms with Gasteiger partial charge in [0.1, 0.15) is 12.4 Å². The number of rotatable bonds is 8. The molecule has 164 valence electrons. The van der Waals surface area contributed by atoms with E-state index in [1.54, 1.807) is 6.92 Å². The minimum atomic E-state index is -3.73. The van der Waals surface area contributed by atoms with Crippen molar-refractivity contribution in [3.63, 3.8) is 0 Å². The molecule has 31 heavy (non-hydrogen) atoms. The zero-order valence-electron chi connectivity index (χ0n) is 16.8. The van der Waals surface area contributed by atoms with Gasteiger partial charge >= 0.3 is 0 Å². The zero-order chi connectivity index (χ0) is 22.6. The number of nitrogens with one attached hydrogen (secondary N) is 2. The Morgan fingerprint density at radius 1 is 1.23 bits per heavy atom. The number of fused-ring (bicyclic) bond motifs is 1. The van der Waals surface area contributed by atoms with Crippen LogP contribution in [0, 0.1) is 5.82 Å². The van der Waals surface area contributed by atoms with Crippen molar-refractivity contribution in [3.8, 4) is 0 Å². The van der Waals surface area contributed by atoms with Crippen LogP contribution in [0.25, 0.3) is 10.9 Å². The van der Waals surface area contributed by atoms with Gasteiger partial charge in [-0.15, -0.1) is 0 Å². The van der Waals surface area contributed by atoms with Gasteiger partial charge in [0.15, 0.2) is 0 Å². The number of hydrogen-bond acceptors (Lipinski definition) is 6. The largest absolute Gasteiger partial charge is 0.383 e. The molecule has 2 aromatic carbocycles. The molecule has 11 heteroatoms. The Labute approximate surface area is 177 Å². The van der Waals surface area contributed by atoms with Crippen molar-refractivity contribution < 1.29 is 22.3 Å². The van der Waals surface area contributed by atoms with Gasteiger partial charge in [0, 0.05) is 18.8 Å². The lowest BCUT2D eigenvalue weighted by atomic mass is 10.2. The molecule has 0 aliphatic heterocycles. The maximum Gasteiger partial charge on any atom is 0.261 e. The van der Waals surface area contributed by atoms with Crippen LogP contribution in [0.5, 0.6) is 0 Å². The number of ether oxygens (including phenoxy) is 1. The number of sulfonamides is 1. The molecule has 1 unspecified atom stereocenters. The van der Waals surface area contributed by atoms with Gasteiger partial charge in [-0.1, -0.05) is 0 Å². The maximum absolute atomic E-state index is 13.4.